The van der Waals surface area contributed by atoms with Crippen molar-refractivity contribution in [2.45, 2.75) is 134 Å². The first kappa shape index (κ1) is 24.9. The van der Waals surface area contributed by atoms with Crippen LogP contribution in [0.5, 0.6) is 0 Å². The molecular formula is C25H48NPS2Sn. The molecule has 1 nitrogen and oxygen atoms in total. The Morgan fingerprint density at radius 2 is 1.03 bits per heavy atom. The monoisotopic (exact) mass is 577 g/mol. The van der Waals surface area contributed by atoms with E-state index in [1.165, 1.54) is 69.6 Å². The standard InChI is InChI=1S/C7H16NPS2.3C6H11.Sn/c1-2-9(10,11)8-6-4-3-5-7-8;3*1-2-4-6-5-3-1;/h2-7H2,1H3,(H,10,11);3*1H,2-6H2;/q;;;;+1/p-1. The predicted octanol–water partition coefficient (Wildman–Crippen LogP) is 9.48. The molecule has 0 bridgehead atoms. The fourth-order valence-corrected chi connectivity index (χ4v) is 74.6. The van der Waals surface area contributed by atoms with Crippen LogP contribution in [0, 0.1) is 0 Å². The van der Waals surface area contributed by atoms with Crippen molar-refractivity contribution in [2.75, 3.05) is 19.3 Å². The molecule has 1 aliphatic heterocycles. The maximum atomic E-state index is 6.83. The quantitative estimate of drug-likeness (QED) is 0.220. The van der Waals surface area contributed by atoms with Crippen LogP contribution in [-0.4, -0.2) is 40.9 Å². The Morgan fingerprint density at radius 3 is 1.40 bits per heavy atom. The second kappa shape index (κ2) is 11.9. The topological polar surface area (TPSA) is 3.24 Å². The summed E-state index contributed by atoms with van der Waals surface area (Å²) in [7, 11) is 2.73. The van der Waals surface area contributed by atoms with Crippen LogP contribution in [0.2, 0.25) is 11.8 Å². The Labute approximate surface area is 199 Å². The molecule has 3 saturated carbocycles. The van der Waals surface area contributed by atoms with Crippen molar-refractivity contribution < 1.29 is 0 Å². The molecule has 174 valence electrons. The molecule has 1 saturated heterocycles. The number of rotatable bonds is 7. The van der Waals surface area contributed by atoms with E-state index in [4.69, 9.17) is 11.8 Å². The first-order valence-corrected chi connectivity index (χ1v) is 26.5. The van der Waals surface area contributed by atoms with Gasteiger partial charge in [0, 0.05) is 0 Å². The second-order valence-corrected chi connectivity index (χ2v) is 39.7. The summed E-state index contributed by atoms with van der Waals surface area (Å²) in [6.45, 7) is 5.15. The SMILES string of the molecule is CCP(=S)([S][Sn]([CH]1CCCCC1)([CH]1CCCCC1)[CH]1CCCCC1)N1CCCCC1. The predicted molar refractivity (Wildman–Crippen MR) is 144 cm³/mol. The molecule has 0 amide bonds. The average molecular weight is 576 g/mol. The van der Waals surface area contributed by atoms with Gasteiger partial charge in [-0.05, 0) is 0 Å². The van der Waals surface area contributed by atoms with Crippen LogP contribution in [0.4, 0.5) is 0 Å². The van der Waals surface area contributed by atoms with Crippen LogP contribution in [0.3, 0.4) is 0 Å². The van der Waals surface area contributed by atoms with Gasteiger partial charge in [-0.15, -0.1) is 0 Å². The van der Waals surface area contributed by atoms with Gasteiger partial charge in [-0.25, -0.2) is 0 Å². The third kappa shape index (κ3) is 5.52. The van der Waals surface area contributed by atoms with Crippen molar-refractivity contribution in [3.8, 4) is 0 Å². The Morgan fingerprint density at radius 1 is 0.667 bits per heavy atom. The molecule has 3 aliphatic carbocycles. The van der Waals surface area contributed by atoms with E-state index in [1.807, 2.05) is 0 Å². The van der Waals surface area contributed by atoms with Crippen molar-refractivity contribution in [3.05, 3.63) is 0 Å². The van der Waals surface area contributed by atoms with Gasteiger partial charge in [0.25, 0.3) is 0 Å². The van der Waals surface area contributed by atoms with E-state index in [9.17, 15) is 0 Å². The number of piperidine rings is 1. The van der Waals surface area contributed by atoms with E-state index in [0.717, 1.165) is 0 Å². The minimum absolute atomic E-state index is 1.17. The third-order valence-electron chi connectivity index (χ3n) is 9.19. The first-order valence-electron chi connectivity index (χ1n) is 13.7. The van der Waals surface area contributed by atoms with E-state index in [0.29, 0.717) is 0 Å². The van der Waals surface area contributed by atoms with Gasteiger partial charge in [0.05, 0.1) is 0 Å². The maximum absolute atomic E-state index is 6.83. The zero-order valence-electron chi connectivity index (χ0n) is 19.8. The van der Waals surface area contributed by atoms with Gasteiger partial charge in [0.1, 0.15) is 0 Å². The van der Waals surface area contributed by atoms with E-state index in [-0.39, 0.29) is 0 Å². The molecule has 30 heavy (non-hydrogen) atoms. The van der Waals surface area contributed by atoms with Crippen LogP contribution in [0.15, 0.2) is 0 Å². The molecule has 4 fully saturated rings. The Hall–Kier alpha value is 1.76. The summed E-state index contributed by atoms with van der Waals surface area (Å²) in [4.78, 5) is 0. The van der Waals surface area contributed by atoms with Gasteiger partial charge in [-0.1, -0.05) is 0 Å². The van der Waals surface area contributed by atoms with E-state index in [2.05, 4.69) is 20.2 Å². The van der Waals surface area contributed by atoms with Crippen molar-refractivity contribution in [3.63, 3.8) is 0 Å². The van der Waals surface area contributed by atoms with Crippen LogP contribution < -0.4 is 0 Å². The number of nitrogens with zero attached hydrogens (tertiary/aromatic N) is 1. The number of hydrogen-bond donors (Lipinski definition) is 0. The molecule has 0 aromatic carbocycles. The summed E-state index contributed by atoms with van der Waals surface area (Å²) in [5, 5.41) is -1.42. The van der Waals surface area contributed by atoms with Crippen molar-refractivity contribution >= 4 is 42.8 Å². The molecule has 4 aliphatic rings. The third-order valence-corrected chi connectivity index (χ3v) is 59.1. The average Bonchev–Trinajstić information content (AvgIpc) is 2.84. The minimum atomic E-state index is -2.55. The van der Waals surface area contributed by atoms with Gasteiger partial charge in [0.15, 0.2) is 0 Å². The van der Waals surface area contributed by atoms with Gasteiger partial charge in [-0.3, -0.25) is 0 Å². The van der Waals surface area contributed by atoms with Crippen LogP contribution in [0.25, 0.3) is 0 Å². The first-order chi connectivity index (χ1) is 14.7. The normalized spacial score (nSPS) is 29.0. The fraction of sp³-hybridized carbons (Fsp3) is 1.00. The molecule has 0 radical (unpaired) electrons. The second-order valence-electron chi connectivity index (χ2n) is 10.9. The fourth-order valence-electron chi connectivity index (χ4n) is 7.64. The van der Waals surface area contributed by atoms with E-state index in [1.54, 1.807) is 77.0 Å². The van der Waals surface area contributed by atoms with E-state index >= 15 is 0 Å². The van der Waals surface area contributed by atoms with Crippen molar-refractivity contribution in [1.29, 1.82) is 0 Å². The van der Waals surface area contributed by atoms with Crippen LogP contribution >= 0.6 is 14.0 Å². The Bertz CT molecular complexity index is 516. The van der Waals surface area contributed by atoms with Crippen LogP contribution in [-0.2, 0) is 11.8 Å². The van der Waals surface area contributed by atoms with Gasteiger partial charge in [-0.2, -0.15) is 0 Å². The molecule has 0 aromatic rings. The zero-order valence-corrected chi connectivity index (χ0v) is 25.2. The van der Waals surface area contributed by atoms with Gasteiger partial charge >= 0.3 is 201 Å². The Kier molecular flexibility index (Phi) is 9.90. The van der Waals surface area contributed by atoms with Crippen molar-refractivity contribution in [1.82, 2.24) is 4.67 Å². The molecule has 1 heterocycles. The van der Waals surface area contributed by atoms with Gasteiger partial charge in [0.2, 0.25) is 0 Å². The summed E-state index contributed by atoms with van der Waals surface area (Å²) in [6.07, 6.45) is 29.0. The summed E-state index contributed by atoms with van der Waals surface area (Å²) in [5.41, 5.74) is 0. The molecule has 0 spiro atoms. The summed E-state index contributed by atoms with van der Waals surface area (Å²) in [6, 6.07) is 0. The molecule has 4 rings (SSSR count). The molecular weight excluding hydrogens is 528 g/mol. The molecule has 5 heteroatoms. The summed E-state index contributed by atoms with van der Waals surface area (Å²) in [5.74, 6) is 0. The Balaban J connectivity index is 1.72. The summed E-state index contributed by atoms with van der Waals surface area (Å²) < 4.78 is 6.44. The van der Waals surface area contributed by atoms with Crippen molar-refractivity contribution in [2.24, 2.45) is 0 Å². The van der Waals surface area contributed by atoms with Gasteiger partial charge < -0.3 is 0 Å². The summed E-state index contributed by atoms with van der Waals surface area (Å²) >= 11 is 4.28. The van der Waals surface area contributed by atoms with E-state index < -0.39 is 22.4 Å². The van der Waals surface area contributed by atoms with Crippen LogP contribution in [0.1, 0.15) is 122 Å². The zero-order chi connectivity index (χ0) is 20.9. The number of hydrogen-bond acceptors (Lipinski definition) is 2. The molecule has 1 unspecified atom stereocenters. The molecule has 0 N–H and O–H groups in total. The molecule has 1 atom stereocenters. The molecule has 0 aromatic heterocycles.